The first-order valence-electron chi connectivity index (χ1n) is 9.08. The summed E-state index contributed by atoms with van der Waals surface area (Å²) in [5, 5.41) is 8.35. The molecule has 3 aromatic rings. The molecule has 0 radical (unpaired) electrons. The molecule has 0 fully saturated rings. The zero-order valence-corrected chi connectivity index (χ0v) is 15.4. The quantitative estimate of drug-likeness (QED) is 0.556. The standard InChI is InChI=1S/C22H24N2O3/c1-2-26-13-14-27-21-11-9-19(10-12-21)24-22(25)16-23-20-8-7-17-5-3-4-6-18(17)15-20/h3-12,15,23H,2,13-14,16H2,1H3,(H,24,25). The maximum atomic E-state index is 12.2. The Morgan fingerprint density at radius 2 is 1.63 bits per heavy atom. The number of carbonyl (C=O) groups is 1. The largest absolute Gasteiger partial charge is 0.491 e. The Morgan fingerprint density at radius 1 is 0.889 bits per heavy atom. The molecule has 2 N–H and O–H groups in total. The molecule has 0 aliphatic rings. The fourth-order valence-corrected chi connectivity index (χ4v) is 2.68. The van der Waals surface area contributed by atoms with Crippen LogP contribution in [0, 0.1) is 0 Å². The van der Waals surface area contributed by atoms with Crippen molar-refractivity contribution < 1.29 is 14.3 Å². The van der Waals surface area contributed by atoms with Gasteiger partial charge in [-0.3, -0.25) is 4.79 Å². The molecule has 0 aliphatic heterocycles. The summed E-state index contributed by atoms with van der Waals surface area (Å²) in [7, 11) is 0. The second-order valence-electron chi connectivity index (χ2n) is 6.03. The van der Waals surface area contributed by atoms with Crippen molar-refractivity contribution in [1.82, 2.24) is 0 Å². The molecule has 3 rings (SSSR count). The molecule has 0 saturated carbocycles. The third-order valence-corrected chi connectivity index (χ3v) is 4.04. The molecule has 0 saturated heterocycles. The van der Waals surface area contributed by atoms with Crippen LogP contribution in [0.15, 0.2) is 66.7 Å². The van der Waals surface area contributed by atoms with Crippen LogP contribution in [0.2, 0.25) is 0 Å². The predicted molar refractivity (Wildman–Crippen MR) is 109 cm³/mol. The number of fused-ring (bicyclic) bond motifs is 1. The smallest absolute Gasteiger partial charge is 0.243 e. The molecule has 140 valence electrons. The molecular weight excluding hydrogens is 340 g/mol. The fourth-order valence-electron chi connectivity index (χ4n) is 2.68. The van der Waals surface area contributed by atoms with E-state index < -0.39 is 0 Å². The highest BCUT2D eigenvalue weighted by Gasteiger charge is 2.04. The van der Waals surface area contributed by atoms with Gasteiger partial charge < -0.3 is 20.1 Å². The van der Waals surface area contributed by atoms with E-state index in [1.807, 2.05) is 61.5 Å². The molecule has 27 heavy (non-hydrogen) atoms. The van der Waals surface area contributed by atoms with Crippen molar-refractivity contribution in [3.63, 3.8) is 0 Å². The van der Waals surface area contributed by atoms with Crippen molar-refractivity contribution in [2.75, 3.05) is 37.0 Å². The SMILES string of the molecule is CCOCCOc1ccc(NC(=O)CNc2ccc3ccccc3c2)cc1. The zero-order valence-electron chi connectivity index (χ0n) is 15.4. The molecule has 5 heteroatoms. The van der Waals surface area contributed by atoms with Gasteiger partial charge in [-0.05, 0) is 54.1 Å². The number of benzene rings is 3. The van der Waals surface area contributed by atoms with E-state index >= 15 is 0 Å². The van der Waals surface area contributed by atoms with Gasteiger partial charge in [0.1, 0.15) is 12.4 Å². The lowest BCUT2D eigenvalue weighted by atomic mass is 10.1. The summed E-state index contributed by atoms with van der Waals surface area (Å²) in [5.74, 6) is 0.648. The normalized spacial score (nSPS) is 10.6. The lowest BCUT2D eigenvalue weighted by Crippen LogP contribution is -2.21. The number of anilines is 2. The van der Waals surface area contributed by atoms with E-state index in [0.717, 1.165) is 22.5 Å². The lowest BCUT2D eigenvalue weighted by molar-refractivity contribution is -0.114. The lowest BCUT2D eigenvalue weighted by Gasteiger charge is -2.10. The molecule has 0 spiro atoms. The Kier molecular flexibility index (Phi) is 6.66. The summed E-state index contributed by atoms with van der Waals surface area (Å²) in [4.78, 5) is 12.2. The highest BCUT2D eigenvalue weighted by atomic mass is 16.5. The first-order chi connectivity index (χ1) is 13.2. The van der Waals surface area contributed by atoms with Crippen molar-refractivity contribution in [3.8, 4) is 5.75 Å². The number of nitrogens with one attached hydrogen (secondary N) is 2. The summed E-state index contributed by atoms with van der Waals surface area (Å²) >= 11 is 0. The molecule has 0 bridgehead atoms. The number of ether oxygens (including phenoxy) is 2. The van der Waals surface area contributed by atoms with E-state index in [0.29, 0.717) is 19.8 Å². The van der Waals surface area contributed by atoms with E-state index in [2.05, 4.69) is 22.8 Å². The van der Waals surface area contributed by atoms with Gasteiger partial charge in [-0.15, -0.1) is 0 Å². The van der Waals surface area contributed by atoms with Crippen LogP contribution >= 0.6 is 0 Å². The summed E-state index contributed by atoms with van der Waals surface area (Å²) in [6, 6.07) is 21.5. The van der Waals surface area contributed by atoms with Crippen LogP contribution in [0.3, 0.4) is 0 Å². The molecule has 5 nitrogen and oxygen atoms in total. The van der Waals surface area contributed by atoms with Gasteiger partial charge in [0.05, 0.1) is 13.2 Å². The average Bonchev–Trinajstić information content (AvgIpc) is 2.71. The Bertz CT molecular complexity index is 878. The minimum atomic E-state index is -0.104. The van der Waals surface area contributed by atoms with Crippen LogP contribution in [0.1, 0.15) is 6.92 Å². The molecule has 0 atom stereocenters. The van der Waals surface area contributed by atoms with E-state index in [1.165, 1.54) is 5.39 Å². The summed E-state index contributed by atoms with van der Waals surface area (Å²) < 4.78 is 10.8. The number of hydrogen-bond donors (Lipinski definition) is 2. The van der Waals surface area contributed by atoms with Gasteiger partial charge in [-0.2, -0.15) is 0 Å². The highest BCUT2D eigenvalue weighted by molar-refractivity contribution is 5.94. The van der Waals surface area contributed by atoms with Gasteiger partial charge in [0, 0.05) is 18.0 Å². The highest BCUT2D eigenvalue weighted by Crippen LogP contribution is 2.19. The zero-order chi connectivity index (χ0) is 18.9. The number of hydrogen-bond acceptors (Lipinski definition) is 4. The Morgan fingerprint density at radius 3 is 2.41 bits per heavy atom. The van der Waals surface area contributed by atoms with Crippen LogP contribution in [-0.2, 0) is 9.53 Å². The molecule has 0 unspecified atom stereocenters. The Hall–Kier alpha value is -3.05. The van der Waals surface area contributed by atoms with Crippen molar-refractivity contribution in [1.29, 1.82) is 0 Å². The van der Waals surface area contributed by atoms with Crippen LogP contribution in [0.25, 0.3) is 10.8 Å². The van der Waals surface area contributed by atoms with E-state index in [4.69, 9.17) is 9.47 Å². The number of amides is 1. The summed E-state index contributed by atoms with van der Waals surface area (Å²) in [6.45, 7) is 3.91. The topological polar surface area (TPSA) is 59.6 Å². The molecular formula is C22H24N2O3. The first kappa shape index (κ1) is 18.7. The van der Waals surface area contributed by atoms with Gasteiger partial charge in [0.25, 0.3) is 0 Å². The van der Waals surface area contributed by atoms with Crippen molar-refractivity contribution in [2.24, 2.45) is 0 Å². The molecule has 0 heterocycles. The van der Waals surface area contributed by atoms with Gasteiger partial charge >= 0.3 is 0 Å². The van der Waals surface area contributed by atoms with Crippen LogP contribution in [0.4, 0.5) is 11.4 Å². The maximum absolute atomic E-state index is 12.2. The fraction of sp³-hybridized carbons (Fsp3) is 0.227. The third kappa shape index (κ3) is 5.72. The molecule has 0 aromatic heterocycles. The summed E-state index contributed by atoms with van der Waals surface area (Å²) in [5.41, 5.74) is 1.65. The second-order valence-corrected chi connectivity index (χ2v) is 6.03. The number of rotatable bonds is 9. The van der Waals surface area contributed by atoms with Crippen LogP contribution in [0.5, 0.6) is 5.75 Å². The monoisotopic (exact) mass is 364 g/mol. The molecule has 0 aliphatic carbocycles. The third-order valence-electron chi connectivity index (χ3n) is 4.04. The Balaban J connectivity index is 1.47. The van der Waals surface area contributed by atoms with Crippen molar-refractivity contribution >= 4 is 28.1 Å². The van der Waals surface area contributed by atoms with Gasteiger partial charge in [0.15, 0.2) is 0 Å². The molecule has 1 amide bonds. The van der Waals surface area contributed by atoms with Gasteiger partial charge in [-0.25, -0.2) is 0 Å². The van der Waals surface area contributed by atoms with E-state index in [1.54, 1.807) is 0 Å². The number of carbonyl (C=O) groups excluding carboxylic acids is 1. The van der Waals surface area contributed by atoms with Crippen molar-refractivity contribution in [2.45, 2.75) is 6.92 Å². The van der Waals surface area contributed by atoms with Crippen molar-refractivity contribution in [3.05, 3.63) is 66.7 Å². The predicted octanol–water partition coefficient (Wildman–Crippen LogP) is 4.31. The molecule has 3 aromatic carbocycles. The second kappa shape index (κ2) is 9.59. The minimum Gasteiger partial charge on any atom is -0.491 e. The van der Waals surface area contributed by atoms with Gasteiger partial charge in [0.2, 0.25) is 5.91 Å². The minimum absolute atomic E-state index is 0.104. The van der Waals surface area contributed by atoms with E-state index in [-0.39, 0.29) is 12.5 Å². The Labute approximate surface area is 159 Å². The van der Waals surface area contributed by atoms with Crippen LogP contribution < -0.4 is 15.4 Å². The maximum Gasteiger partial charge on any atom is 0.243 e. The first-order valence-corrected chi connectivity index (χ1v) is 9.08. The van der Waals surface area contributed by atoms with Crippen LogP contribution in [-0.4, -0.2) is 32.3 Å². The van der Waals surface area contributed by atoms with Gasteiger partial charge in [-0.1, -0.05) is 30.3 Å². The summed E-state index contributed by atoms with van der Waals surface area (Å²) in [6.07, 6.45) is 0. The van der Waals surface area contributed by atoms with E-state index in [9.17, 15) is 4.79 Å². The average molecular weight is 364 g/mol.